The lowest BCUT2D eigenvalue weighted by atomic mass is 10.0. The Kier molecular flexibility index (Phi) is 6.83. The highest BCUT2D eigenvalue weighted by atomic mass is 32.1. The molecule has 4 nitrogen and oxygen atoms in total. The van der Waals surface area contributed by atoms with Crippen LogP contribution in [0.1, 0.15) is 49.0 Å². The van der Waals surface area contributed by atoms with Gasteiger partial charge in [-0.2, -0.15) is 0 Å². The van der Waals surface area contributed by atoms with Crippen molar-refractivity contribution in [3.8, 4) is 0 Å². The maximum absolute atomic E-state index is 12.1. The number of carbonyl (C=O) groups is 2. The average molecular weight is 371 g/mol. The fourth-order valence-corrected chi connectivity index (χ4v) is 4.05. The molecule has 0 aliphatic heterocycles. The Morgan fingerprint density at radius 3 is 2.50 bits per heavy atom. The normalized spacial score (nSPS) is 14.3. The zero-order valence-corrected chi connectivity index (χ0v) is 15.8. The minimum absolute atomic E-state index is 0.00625. The average Bonchev–Trinajstić information content (AvgIpc) is 3.34. The number of thiophene rings is 1. The zero-order chi connectivity index (χ0) is 18.2. The number of amides is 2. The van der Waals surface area contributed by atoms with E-state index in [1.807, 2.05) is 41.8 Å². The summed E-state index contributed by atoms with van der Waals surface area (Å²) in [6.45, 7) is 0.575. The molecule has 1 aliphatic rings. The molecule has 5 heteroatoms. The molecule has 26 heavy (non-hydrogen) atoms. The Bertz CT molecular complexity index is 704. The fraction of sp³-hybridized carbons (Fsp3) is 0.429. The van der Waals surface area contributed by atoms with Crippen molar-refractivity contribution in [3.63, 3.8) is 0 Å². The summed E-state index contributed by atoms with van der Waals surface area (Å²) >= 11 is 1.64. The lowest BCUT2D eigenvalue weighted by Crippen LogP contribution is -2.24. The Morgan fingerprint density at radius 2 is 1.81 bits per heavy atom. The summed E-state index contributed by atoms with van der Waals surface area (Å²) in [5.41, 5.74) is 1.74. The van der Waals surface area contributed by atoms with Crippen LogP contribution in [-0.2, 0) is 22.6 Å². The van der Waals surface area contributed by atoms with Crippen LogP contribution in [0.15, 0.2) is 41.8 Å². The van der Waals surface area contributed by atoms with Gasteiger partial charge in [0.25, 0.3) is 0 Å². The first-order valence-corrected chi connectivity index (χ1v) is 10.2. The smallest absolute Gasteiger partial charge is 0.224 e. The Hall–Kier alpha value is -2.14. The van der Waals surface area contributed by atoms with Gasteiger partial charge in [0.15, 0.2) is 0 Å². The van der Waals surface area contributed by atoms with Crippen LogP contribution in [0, 0.1) is 5.92 Å². The van der Waals surface area contributed by atoms with Gasteiger partial charge in [0.2, 0.25) is 11.8 Å². The molecule has 0 radical (unpaired) electrons. The number of hydrogen-bond donors (Lipinski definition) is 2. The summed E-state index contributed by atoms with van der Waals surface area (Å²) in [5, 5.41) is 7.88. The van der Waals surface area contributed by atoms with E-state index in [9.17, 15) is 9.59 Å². The van der Waals surface area contributed by atoms with Crippen molar-refractivity contribution in [2.24, 2.45) is 5.92 Å². The Balaban J connectivity index is 1.39. The van der Waals surface area contributed by atoms with Gasteiger partial charge >= 0.3 is 0 Å². The summed E-state index contributed by atoms with van der Waals surface area (Å²) in [4.78, 5) is 25.2. The van der Waals surface area contributed by atoms with Crippen LogP contribution in [0.4, 0.5) is 5.69 Å². The van der Waals surface area contributed by atoms with E-state index >= 15 is 0 Å². The molecule has 1 aromatic heterocycles. The van der Waals surface area contributed by atoms with Gasteiger partial charge in [0.1, 0.15) is 0 Å². The molecule has 0 saturated heterocycles. The van der Waals surface area contributed by atoms with Crippen LogP contribution >= 0.6 is 11.3 Å². The van der Waals surface area contributed by atoms with Gasteiger partial charge < -0.3 is 10.6 Å². The predicted molar refractivity (Wildman–Crippen MR) is 106 cm³/mol. The Morgan fingerprint density at radius 1 is 1.04 bits per heavy atom. The van der Waals surface area contributed by atoms with Crippen molar-refractivity contribution in [1.82, 2.24) is 5.32 Å². The molecule has 0 unspecified atom stereocenters. The van der Waals surface area contributed by atoms with Crippen molar-refractivity contribution >= 4 is 28.8 Å². The number of rotatable bonds is 8. The monoisotopic (exact) mass is 370 g/mol. The Labute approximate surface area is 159 Å². The molecule has 1 aliphatic carbocycles. The maximum atomic E-state index is 12.1. The van der Waals surface area contributed by atoms with Gasteiger partial charge in [-0.05, 0) is 41.5 Å². The number of carbonyl (C=O) groups excluding carboxylic acids is 2. The summed E-state index contributed by atoms with van der Waals surface area (Å²) < 4.78 is 0. The molecule has 0 atom stereocenters. The highest BCUT2D eigenvalue weighted by molar-refractivity contribution is 7.09. The van der Waals surface area contributed by atoms with Gasteiger partial charge in [-0.15, -0.1) is 11.3 Å². The van der Waals surface area contributed by atoms with Crippen LogP contribution < -0.4 is 10.6 Å². The quantitative estimate of drug-likeness (QED) is 0.718. The van der Waals surface area contributed by atoms with Crippen molar-refractivity contribution in [1.29, 1.82) is 0 Å². The van der Waals surface area contributed by atoms with Crippen molar-refractivity contribution in [3.05, 3.63) is 52.2 Å². The second-order valence-corrected chi connectivity index (χ2v) is 8.00. The molecular formula is C21H26N2O2S. The van der Waals surface area contributed by atoms with Gasteiger partial charge in [-0.25, -0.2) is 0 Å². The number of hydrogen-bond acceptors (Lipinski definition) is 3. The molecule has 1 fully saturated rings. The third-order valence-corrected chi connectivity index (χ3v) is 5.77. The van der Waals surface area contributed by atoms with E-state index in [1.54, 1.807) is 11.3 Å². The number of nitrogens with one attached hydrogen (secondary N) is 2. The first kappa shape index (κ1) is 18.6. The van der Waals surface area contributed by atoms with Crippen LogP contribution in [-0.4, -0.2) is 11.8 Å². The lowest BCUT2D eigenvalue weighted by Gasteiger charge is -2.10. The SMILES string of the molecule is O=C(Cc1ccc(NC(=O)CCC2CCCC2)cc1)NCc1cccs1. The molecule has 2 aromatic rings. The minimum Gasteiger partial charge on any atom is -0.351 e. The number of benzene rings is 1. The molecule has 1 aromatic carbocycles. The molecule has 3 rings (SSSR count). The molecular weight excluding hydrogens is 344 g/mol. The largest absolute Gasteiger partial charge is 0.351 e. The van der Waals surface area contributed by atoms with E-state index in [0.717, 1.165) is 28.5 Å². The molecule has 1 saturated carbocycles. The summed E-state index contributed by atoms with van der Waals surface area (Å²) in [6.07, 6.45) is 7.11. The first-order valence-electron chi connectivity index (χ1n) is 9.37. The van der Waals surface area contributed by atoms with Gasteiger partial charge in [0.05, 0.1) is 13.0 Å². The van der Waals surface area contributed by atoms with Crippen molar-refractivity contribution < 1.29 is 9.59 Å². The van der Waals surface area contributed by atoms with Crippen LogP contribution in [0.25, 0.3) is 0 Å². The maximum Gasteiger partial charge on any atom is 0.224 e. The van der Waals surface area contributed by atoms with E-state index in [0.29, 0.717) is 19.4 Å². The van der Waals surface area contributed by atoms with Gasteiger partial charge in [-0.1, -0.05) is 43.9 Å². The highest BCUT2D eigenvalue weighted by Crippen LogP contribution is 2.28. The van der Waals surface area contributed by atoms with Crippen LogP contribution in [0.2, 0.25) is 0 Å². The molecule has 138 valence electrons. The minimum atomic E-state index is 0.00625. The van der Waals surface area contributed by atoms with Gasteiger partial charge in [0, 0.05) is 17.0 Å². The van der Waals surface area contributed by atoms with E-state index in [4.69, 9.17) is 0 Å². The zero-order valence-electron chi connectivity index (χ0n) is 15.0. The molecule has 1 heterocycles. The second-order valence-electron chi connectivity index (χ2n) is 6.97. The third kappa shape index (κ3) is 5.99. The second kappa shape index (κ2) is 9.53. The van der Waals surface area contributed by atoms with E-state index < -0.39 is 0 Å². The predicted octanol–water partition coefficient (Wildman–Crippen LogP) is 4.52. The van der Waals surface area contributed by atoms with Gasteiger partial charge in [-0.3, -0.25) is 9.59 Å². The van der Waals surface area contributed by atoms with Crippen LogP contribution in [0.5, 0.6) is 0 Å². The van der Waals surface area contributed by atoms with E-state index in [1.165, 1.54) is 25.7 Å². The molecule has 0 bridgehead atoms. The third-order valence-electron chi connectivity index (χ3n) is 4.90. The topological polar surface area (TPSA) is 58.2 Å². The summed E-state index contributed by atoms with van der Waals surface area (Å²) in [6, 6.07) is 11.5. The van der Waals surface area contributed by atoms with E-state index in [-0.39, 0.29) is 11.8 Å². The van der Waals surface area contributed by atoms with Crippen LogP contribution in [0.3, 0.4) is 0 Å². The van der Waals surface area contributed by atoms with Crippen molar-refractivity contribution in [2.75, 3.05) is 5.32 Å². The van der Waals surface area contributed by atoms with Crippen molar-refractivity contribution in [2.45, 2.75) is 51.5 Å². The number of anilines is 1. The summed E-state index contributed by atoms with van der Waals surface area (Å²) in [7, 11) is 0. The fourth-order valence-electron chi connectivity index (χ4n) is 3.41. The summed E-state index contributed by atoms with van der Waals surface area (Å²) in [5.74, 6) is 0.820. The molecule has 2 N–H and O–H groups in total. The molecule has 0 spiro atoms. The standard InChI is InChI=1S/C21H26N2O2S/c24-20(12-9-16-4-1-2-5-16)23-18-10-7-17(8-11-18)14-21(25)22-15-19-6-3-13-26-19/h3,6-8,10-11,13,16H,1-2,4-5,9,12,14-15H2,(H,22,25)(H,23,24). The first-order chi connectivity index (χ1) is 12.7. The highest BCUT2D eigenvalue weighted by Gasteiger charge is 2.16. The lowest BCUT2D eigenvalue weighted by molar-refractivity contribution is -0.120. The van der Waals surface area contributed by atoms with E-state index in [2.05, 4.69) is 10.6 Å². The molecule has 2 amide bonds.